The van der Waals surface area contributed by atoms with Gasteiger partial charge in [0.15, 0.2) is 0 Å². The molecule has 0 unspecified atom stereocenters. The van der Waals surface area contributed by atoms with Crippen LogP contribution in [0.3, 0.4) is 0 Å². The van der Waals surface area contributed by atoms with Crippen LogP contribution in [0, 0.1) is 0 Å². The van der Waals surface area contributed by atoms with Gasteiger partial charge in [-0.3, -0.25) is 4.79 Å². The minimum absolute atomic E-state index is 0.0628. The molecule has 0 aromatic heterocycles. The predicted molar refractivity (Wildman–Crippen MR) is 71.4 cm³/mol. The SMILES string of the molecule is C[C@H](OC[C@H]1CCCCO1)C(=O)N1CCC[C@@H]1C(=O)O. The number of ether oxygens (including phenoxy) is 2. The van der Waals surface area contributed by atoms with Gasteiger partial charge in [-0.1, -0.05) is 0 Å². The molecule has 6 heteroatoms. The molecule has 3 atom stereocenters. The molecule has 114 valence electrons. The van der Waals surface area contributed by atoms with Crippen LogP contribution in [0.15, 0.2) is 0 Å². The first kappa shape index (κ1) is 15.3. The molecule has 0 aromatic rings. The van der Waals surface area contributed by atoms with Crippen LogP contribution in [0.5, 0.6) is 0 Å². The molecule has 2 aliphatic heterocycles. The van der Waals surface area contributed by atoms with Gasteiger partial charge in [-0.25, -0.2) is 4.79 Å². The van der Waals surface area contributed by atoms with E-state index in [9.17, 15) is 9.59 Å². The van der Waals surface area contributed by atoms with Crippen molar-refractivity contribution in [2.75, 3.05) is 19.8 Å². The van der Waals surface area contributed by atoms with Crippen molar-refractivity contribution in [1.29, 1.82) is 0 Å². The second-order valence-corrected chi connectivity index (χ2v) is 5.49. The molecule has 2 aliphatic rings. The number of carbonyl (C=O) groups is 2. The second-order valence-electron chi connectivity index (χ2n) is 5.49. The Morgan fingerprint density at radius 1 is 1.35 bits per heavy atom. The number of carboxylic acids is 1. The summed E-state index contributed by atoms with van der Waals surface area (Å²) in [4.78, 5) is 24.7. The summed E-state index contributed by atoms with van der Waals surface area (Å²) < 4.78 is 11.1. The summed E-state index contributed by atoms with van der Waals surface area (Å²) in [7, 11) is 0. The Bertz CT molecular complexity index is 353. The molecule has 1 N–H and O–H groups in total. The number of amides is 1. The Morgan fingerprint density at radius 2 is 2.15 bits per heavy atom. The molecule has 2 rings (SSSR count). The molecule has 2 fully saturated rings. The number of likely N-dealkylation sites (tertiary alicyclic amines) is 1. The zero-order valence-corrected chi connectivity index (χ0v) is 11.9. The zero-order valence-electron chi connectivity index (χ0n) is 11.9. The maximum atomic E-state index is 12.2. The first-order chi connectivity index (χ1) is 9.59. The summed E-state index contributed by atoms with van der Waals surface area (Å²) in [5, 5.41) is 9.09. The highest BCUT2D eigenvalue weighted by molar-refractivity contribution is 5.86. The van der Waals surface area contributed by atoms with Crippen molar-refractivity contribution < 1.29 is 24.2 Å². The lowest BCUT2D eigenvalue weighted by atomic mass is 10.1. The fraction of sp³-hybridized carbons (Fsp3) is 0.857. The Balaban J connectivity index is 1.80. The predicted octanol–water partition coefficient (Wildman–Crippen LogP) is 1.04. The Labute approximate surface area is 119 Å². The van der Waals surface area contributed by atoms with Crippen molar-refractivity contribution in [1.82, 2.24) is 4.90 Å². The smallest absolute Gasteiger partial charge is 0.326 e. The summed E-state index contributed by atoms with van der Waals surface area (Å²) in [5.74, 6) is -1.16. The topological polar surface area (TPSA) is 76.1 Å². The van der Waals surface area contributed by atoms with Crippen molar-refractivity contribution in [3.05, 3.63) is 0 Å². The van der Waals surface area contributed by atoms with Gasteiger partial charge >= 0.3 is 5.97 Å². The Hall–Kier alpha value is -1.14. The van der Waals surface area contributed by atoms with Crippen LogP contribution in [0.2, 0.25) is 0 Å². The summed E-state index contributed by atoms with van der Waals surface area (Å²) in [6, 6.07) is -0.695. The van der Waals surface area contributed by atoms with Crippen LogP contribution in [0.25, 0.3) is 0 Å². The lowest BCUT2D eigenvalue weighted by molar-refractivity contribution is -0.155. The second kappa shape index (κ2) is 7.04. The van der Waals surface area contributed by atoms with E-state index in [1.807, 2.05) is 0 Å². The van der Waals surface area contributed by atoms with Crippen LogP contribution >= 0.6 is 0 Å². The van der Waals surface area contributed by atoms with E-state index < -0.39 is 18.1 Å². The van der Waals surface area contributed by atoms with E-state index in [-0.39, 0.29) is 12.0 Å². The number of carbonyl (C=O) groups excluding carboxylic acids is 1. The Kier molecular flexibility index (Phi) is 5.37. The summed E-state index contributed by atoms with van der Waals surface area (Å²) in [6.45, 7) is 3.34. The molecule has 0 aromatic carbocycles. The van der Waals surface area contributed by atoms with Gasteiger partial charge in [-0.2, -0.15) is 0 Å². The van der Waals surface area contributed by atoms with Gasteiger partial charge < -0.3 is 19.5 Å². The van der Waals surface area contributed by atoms with Crippen LogP contribution in [0.1, 0.15) is 39.0 Å². The van der Waals surface area contributed by atoms with E-state index in [0.717, 1.165) is 32.3 Å². The van der Waals surface area contributed by atoms with Crippen molar-refractivity contribution >= 4 is 11.9 Å². The summed E-state index contributed by atoms with van der Waals surface area (Å²) in [6.07, 6.45) is 3.89. The van der Waals surface area contributed by atoms with Gasteiger partial charge in [-0.15, -0.1) is 0 Å². The Morgan fingerprint density at radius 3 is 2.80 bits per heavy atom. The van der Waals surface area contributed by atoms with Gasteiger partial charge in [-0.05, 0) is 39.0 Å². The fourth-order valence-corrected chi connectivity index (χ4v) is 2.78. The third kappa shape index (κ3) is 3.70. The average Bonchev–Trinajstić information content (AvgIpc) is 2.94. The highest BCUT2D eigenvalue weighted by atomic mass is 16.5. The van der Waals surface area contributed by atoms with Crippen molar-refractivity contribution in [2.45, 2.75) is 57.3 Å². The monoisotopic (exact) mass is 285 g/mol. The normalized spacial score (nSPS) is 28.4. The molecular weight excluding hydrogens is 262 g/mol. The lowest BCUT2D eigenvalue weighted by Crippen LogP contribution is -2.46. The third-order valence-corrected chi connectivity index (χ3v) is 3.97. The number of hydrogen-bond acceptors (Lipinski definition) is 4. The minimum Gasteiger partial charge on any atom is -0.480 e. The molecule has 0 saturated carbocycles. The van der Waals surface area contributed by atoms with E-state index in [4.69, 9.17) is 14.6 Å². The van der Waals surface area contributed by atoms with E-state index in [1.165, 1.54) is 4.90 Å². The van der Waals surface area contributed by atoms with E-state index >= 15 is 0 Å². The maximum absolute atomic E-state index is 12.2. The van der Waals surface area contributed by atoms with Crippen molar-refractivity contribution in [2.24, 2.45) is 0 Å². The zero-order chi connectivity index (χ0) is 14.5. The van der Waals surface area contributed by atoms with E-state index in [2.05, 4.69) is 0 Å². The highest BCUT2D eigenvalue weighted by Crippen LogP contribution is 2.20. The van der Waals surface area contributed by atoms with Crippen molar-refractivity contribution in [3.8, 4) is 0 Å². The molecule has 0 radical (unpaired) electrons. The standard InChI is InChI=1S/C14H23NO5/c1-10(20-9-11-5-2-3-8-19-11)13(16)15-7-4-6-12(15)14(17)18/h10-12H,2-9H2,1H3,(H,17,18)/t10-,11+,12+/m0/s1. The van der Waals surface area contributed by atoms with Crippen LogP contribution in [-0.4, -0.2) is 59.9 Å². The molecule has 0 bridgehead atoms. The molecule has 2 heterocycles. The number of nitrogens with zero attached hydrogens (tertiary/aromatic N) is 1. The maximum Gasteiger partial charge on any atom is 0.326 e. The molecule has 1 amide bonds. The molecule has 6 nitrogen and oxygen atoms in total. The average molecular weight is 285 g/mol. The van der Waals surface area contributed by atoms with Crippen LogP contribution in [-0.2, 0) is 19.1 Å². The van der Waals surface area contributed by atoms with Gasteiger partial charge in [0.2, 0.25) is 0 Å². The van der Waals surface area contributed by atoms with Gasteiger partial charge in [0.1, 0.15) is 12.1 Å². The number of hydrogen-bond donors (Lipinski definition) is 1. The first-order valence-electron chi connectivity index (χ1n) is 7.36. The van der Waals surface area contributed by atoms with Crippen molar-refractivity contribution in [3.63, 3.8) is 0 Å². The van der Waals surface area contributed by atoms with Gasteiger partial charge in [0, 0.05) is 13.2 Å². The molecule has 0 spiro atoms. The number of rotatable bonds is 5. The molecule has 2 saturated heterocycles. The largest absolute Gasteiger partial charge is 0.480 e. The number of carboxylic acid groups (broad SMARTS) is 1. The van der Waals surface area contributed by atoms with Crippen LogP contribution in [0.4, 0.5) is 0 Å². The summed E-state index contributed by atoms with van der Waals surface area (Å²) in [5.41, 5.74) is 0. The summed E-state index contributed by atoms with van der Waals surface area (Å²) >= 11 is 0. The quantitative estimate of drug-likeness (QED) is 0.816. The number of aliphatic carboxylic acids is 1. The van der Waals surface area contributed by atoms with Gasteiger partial charge in [0.05, 0.1) is 12.7 Å². The lowest BCUT2D eigenvalue weighted by Gasteiger charge is -2.27. The third-order valence-electron chi connectivity index (χ3n) is 3.97. The van der Waals surface area contributed by atoms with Gasteiger partial charge in [0.25, 0.3) is 5.91 Å². The highest BCUT2D eigenvalue weighted by Gasteiger charge is 2.36. The molecule has 20 heavy (non-hydrogen) atoms. The first-order valence-corrected chi connectivity index (χ1v) is 7.36. The minimum atomic E-state index is -0.932. The van der Waals surface area contributed by atoms with E-state index in [1.54, 1.807) is 6.92 Å². The van der Waals surface area contributed by atoms with E-state index in [0.29, 0.717) is 19.6 Å². The molecular formula is C14H23NO5. The molecule has 0 aliphatic carbocycles. The fourth-order valence-electron chi connectivity index (χ4n) is 2.78. The van der Waals surface area contributed by atoms with Crippen LogP contribution < -0.4 is 0 Å².